The van der Waals surface area contributed by atoms with Crippen molar-refractivity contribution in [2.24, 2.45) is 5.41 Å². The molecule has 0 unspecified atom stereocenters. The molecule has 0 atom stereocenters. The Bertz CT molecular complexity index is 413. The van der Waals surface area contributed by atoms with Gasteiger partial charge in [-0.15, -0.1) is 0 Å². The van der Waals surface area contributed by atoms with Gasteiger partial charge in [-0.05, 0) is 12.1 Å². The number of nitrogens with one attached hydrogen (secondary N) is 1. The van der Waals surface area contributed by atoms with Crippen LogP contribution in [0, 0.1) is 5.41 Å². The third-order valence-corrected chi connectivity index (χ3v) is 2.93. The molecule has 0 aromatic heterocycles. The van der Waals surface area contributed by atoms with Gasteiger partial charge in [0.05, 0.1) is 25.9 Å². The number of rotatable bonds is 4. The van der Waals surface area contributed by atoms with Gasteiger partial charge in [0.25, 0.3) is 5.91 Å². The zero-order chi connectivity index (χ0) is 12.3. The van der Waals surface area contributed by atoms with E-state index >= 15 is 0 Å². The van der Waals surface area contributed by atoms with Gasteiger partial charge in [-0.25, -0.2) is 0 Å². The van der Waals surface area contributed by atoms with E-state index in [2.05, 4.69) is 12.2 Å². The molecule has 1 aliphatic heterocycles. The normalized spacial score (nSPS) is 17.1. The number of carbonyl (C=O) groups is 1. The van der Waals surface area contributed by atoms with Gasteiger partial charge in [0.15, 0.2) is 0 Å². The number of hydrogen-bond acceptors (Lipinski definition) is 3. The summed E-state index contributed by atoms with van der Waals surface area (Å²) in [6.07, 6.45) is 0. The van der Waals surface area contributed by atoms with Crippen LogP contribution in [0.25, 0.3) is 0 Å². The number of hydrogen-bond donors (Lipinski definition) is 1. The van der Waals surface area contributed by atoms with E-state index in [1.807, 2.05) is 12.1 Å². The number of methoxy groups -OCH3 is 1. The van der Waals surface area contributed by atoms with Gasteiger partial charge in [0.1, 0.15) is 5.75 Å². The molecule has 1 N–H and O–H groups in total. The van der Waals surface area contributed by atoms with E-state index in [1.165, 1.54) is 0 Å². The van der Waals surface area contributed by atoms with Crippen LogP contribution in [0.4, 0.5) is 0 Å². The lowest BCUT2D eigenvalue weighted by Gasteiger charge is -2.38. The van der Waals surface area contributed by atoms with E-state index in [-0.39, 0.29) is 11.3 Å². The Balaban J connectivity index is 1.99. The predicted molar refractivity (Wildman–Crippen MR) is 64.3 cm³/mol. The average molecular weight is 235 g/mol. The average Bonchev–Trinajstić information content (AvgIpc) is 2.33. The number of benzene rings is 1. The van der Waals surface area contributed by atoms with Crippen molar-refractivity contribution in [3.63, 3.8) is 0 Å². The van der Waals surface area contributed by atoms with E-state index < -0.39 is 0 Å². The van der Waals surface area contributed by atoms with E-state index in [0.29, 0.717) is 31.1 Å². The summed E-state index contributed by atoms with van der Waals surface area (Å²) >= 11 is 0. The fourth-order valence-corrected chi connectivity index (χ4v) is 1.77. The van der Waals surface area contributed by atoms with E-state index in [1.54, 1.807) is 19.2 Å². The fourth-order valence-electron chi connectivity index (χ4n) is 1.77. The Kier molecular flexibility index (Phi) is 3.33. The standard InChI is InChI=1S/C13H17NO3/c1-13(8-17-9-13)7-14-12(15)10-5-3-4-6-11(10)16-2/h3-6H,7-9H2,1-2H3,(H,14,15). The van der Waals surface area contributed by atoms with Gasteiger partial charge in [-0.3, -0.25) is 4.79 Å². The Morgan fingerprint density at radius 3 is 2.76 bits per heavy atom. The van der Waals surface area contributed by atoms with Crippen LogP contribution in [0.5, 0.6) is 5.75 Å². The molecule has 92 valence electrons. The van der Waals surface area contributed by atoms with Crippen LogP contribution in [-0.2, 0) is 4.74 Å². The summed E-state index contributed by atoms with van der Waals surface area (Å²) in [6, 6.07) is 7.21. The number of amides is 1. The summed E-state index contributed by atoms with van der Waals surface area (Å²) in [4.78, 5) is 12.0. The van der Waals surface area contributed by atoms with Gasteiger partial charge in [-0.1, -0.05) is 19.1 Å². The molecular formula is C13H17NO3. The smallest absolute Gasteiger partial charge is 0.255 e. The summed E-state index contributed by atoms with van der Waals surface area (Å²) in [7, 11) is 1.56. The first-order valence-electron chi connectivity index (χ1n) is 5.64. The predicted octanol–water partition coefficient (Wildman–Crippen LogP) is 1.46. The maximum absolute atomic E-state index is 12.0. The second-order valence-corrected chi connectivity index (χ2v) is 4.69. The van der Waals surface area contributed by atoms with Gasteiger partial charge >= 0.3 is 0 Å². The van der Waals surface area contributed by atoms with Crippen LogP contribution in [0.15, 0.2) is 24.3 Å². The van der Waals surface area contributed by atoms with Crippen molar-refractivity contribution in [1.29, 1.82) is 0 Å². The molecule has 1 amide bonds. The second-order valence-electron chi connectivity index (χ2n) is 4.69. The Morgan fingerprint density at radius 2 is 2.18 bits per heavy atom. The number of ether oxygens (including phenoxy) is 2. The van der Waals surface area contributed by atoms with E-state index in [4.69, 9.17) is 9.47 Å². The highest BCUT2D eigenvalue weighted by atomic mass is 16.5. The highest BCUT2D eigenvalue weighted by Gasteiger charge is 2.33. The zero-order valence-corrected chi connectivity index (χ0v) is 10.2. The second kappa shape index (κ2) is 4.75. The third-order valence-electron chi connectivity index (χ3n) is 2.93. The molecule has 2 rings (SSSR count). The molecule has 1 heterocycles. The monoisotopic (exact) mass is 235 g/mol. The van der Waals surface area contributed by atoms with Gasteiger partial charge in [0, 0.05) is 12.0 Å². The highest BCUT2D eigenvalue weighted by Crippen LogP contribution is 2.25. The molecule has 0 radical (unpaired) electrons. The topological polar surface area (TPSA) is 47.6 Å². The largest absolute Gasteiger partial charge is 0.496 e. The molecule has 1 aromatic carbocycles. The number of carbonyl (C=O) groups excluding carboxylic acids is 1. The minimum absolute atomic E-state index is 0.0810. The van der Waals surface area contributed by atoms with E-state index in [0.717, 1.165) is 0 Å². The molecule has 4 nitrogen and oxygen atoms in total. The van der Waals surface area contributed by atoms with Crippen LogP contribution in [0.2, 0.25) is 0 Å². The van der Waals surface area contributed by atoms with Crippen LogP contribution in [-0.4, -0.2) is 32.8 Å². The van der Waals surface area contributed by atoms with Crippen LogP contribution in [0.1, 0.15) is 17.3 Å². The molecule has 0 spiro atoms. The van der Waals surface area contributed by atoms with Crippen molar-refractivity contribution in [3.05, 3.63) is 29.8 Å². The number of para-hydroxylation sites is 1. The van der Waals surface area contributed by atoms with Crippen molar-refractivity contribution >= 4 is 5.91 Å². The summed E-state index contributed by atoms with van der Waals surface area (Å²) in [5, 5.41) is 2.92. The van der Waals surface area contributed by atoms with Gasteiger partial charge in [-0.2, -0.15) is 0 Å². The van der Waals surface area contributed by atoms with Gasteiger partial charge < -0.3 is 14.8 Å². The molecule has 0 aliphatic carbocycles. The van der Waals surface area contributed by atoms with Crippen molar-refractivity contribution in [2.75, 3.05) is 26.9 Å². The first-order chi connectivity index (χ1) is 8.14. The minimum atomic E-state index is -0.101. The Hall–Kier alpha value is -1.55. The lowest BCUT2D eigenvalue weighted by Crippen LogP contribution is -2.48. The summed E-state index contributed by atoms with van der Waals surface area (Å²) < 4.78 is 10.3. The molecule has 1 saturated heterocycles. The van der Waals surface area contributed by atoms with Crippen molar-refractivity contribution in [1.82, 2.24) is 5.32 Å². The summed E-state index contributed by atoms with van der Waals surface area (Å²) in [5.41, 5.74) is 0.649. The maximum Gasteiger partial charge on any atom is 0.255 e. The SMILES string of the molecule is COc1ccccc1C(=O)NCC1(C)COC1. The first kappa shape index (κ1) is 11.9. The Morgan fingerprint density at radius 1 is 1.47 bits per heavy atom. The molecule has 1 fully saturated rings. The lowest BCUT2D eigenvalue weighted by molar-refractivity contribution is -0.0978. The Labute approximate surface area is 101 Å². The van der Waals surface area contributed by atoms with Crippen molar-refractivity contribution < 1.29 is 14.3 Å². The maximum atomic E-state index is 12.0. The quantitative estimate of drug-likeness (QED) is 0.859. The zero-order valence-electron chi connectivity index (χ0n) is 10.2. The highest BCUT2D eigenvalue weighted by molar-refractivity contribution is 5.96. The van der Waals surface area contributed by atoms with Crippen LogP contribution >= 0.6 is 0 Å². The van der Waals surface area contributed by atoms with Crippen LogP contribution in [0.3, 0.4) is 0 Å². The molecule has 0 bridgehead atoms. The first-order valence-corrected chi connectivity index (χ1v) is 5.64. The molecular weight excluding hydrogens is 218 g/mol. The molecule has 17 heavy (non-hydrogen) atoms. The van der Waals surface area contributed by atoms with Crippen LogP contribution < -0.4 is 10.1 Å². The molecule has 1 aromatic rings. The third kappa shape index (κ3) is 2.58. The lowest BCUT2D eigenvalue weighted by atomic mass is 9.88. The summed E-state index contributed by atoms with van der Waals surface area (Å²) in [5.74, 6) is 0.496. The van der Waals surface area contributed by atoms with Crippen molar-refractivity contribution in [3.8, 4) is 5.75 Å². The van der Waals surface area contributed by atoms with Gasteiger partial charge in [0.2, 0.25) is 0 Å². The molecule has 0 saturated carbocycles. The van der Waals surface area contributed by atoms with Crippen molar-refractivity contribution in [2.45, 2.75) is 6.92 Å². The molecule has 1 aliphatic rings. The van der Waals surface area contributed by atoms with E-state index in [9.17, 15) is 4.79 Å². The minimum Gasteiger partial charge on any atom is -0.496 e. The summed E-state index contributed by atoms with van der Waals surface area (Å²) in [6.45, 7) is 4.14. The fraction of sp³-hybridized carbons (Fsp3) is 0.462. The molecule has 4 heteroatoms.